The van der Waals surface area contributed by atoms with Crippen molar-refractivity contribution in [1.82, 2.24) is 0 Å². The van der Waals surface area contributed by atoms with Gasteiger partial charge in [0.05, 0.1) is 0 Å². The molecule has 0 saturated heterocycles. The Hall–Kier alpha value is -2.68. The van der Waals surface area contributed by atoms with Crippen molar-refractivity contribution in [2.75, 3.05) is 0 Å². The predicted molar refractivity (Wildman–Crippen MR) is 90.0 cm³/mol. The molecule has 2 aromatic carbocycles. The monoisotopic (exact) mass is 296 g/mol. The number of benzene rings is 2. The molecule has 0 spiro atoms. The van der Waals surface area contributed by atoms with Crippen molar-refractivity contribution in [2.45, 2.75) is 20.3 Å². The van der Waals surface area contributed by atoms with Crippen molar-refractivity contribution in [1.29, 1.82) is 0 Å². The second kappa shape index (κ2) is 6.85. The standard InChI is InChI=1S/C19H20O3/c1-3-5-7-13(4-2)15-8-6-9-16(19(15)22)17-12-14(20)10-11-18(17)21/h4-12,20-22H,3H2,1-2H3/b7-5-,13-4+. The number of phenols is 3. The Morgan fingerprint density at radius 2 is 1.82 bits per heavy atom. The molecule has 0 amide bonds. The highest BCUT2D eigenvalue weighted by molar-refractivity contribution is 5.85. The van der Waals surface area contributed by atoms with Gasteiger partial charge in [-0.05, 0) is 37.1 Å². The number of hydrogen-bond acceptors (Lipinski definition) is 3. The third-order valence-corrected chi connectivity index (χ3v) is 3.46. The van der Waals surface area contributed by atoms with Crippen LogP contribution in [0.25, 0.3) is 16.7 Å². The van der Waals surface area contributed by atoms with Crippen LogP contribution in [0.4, 0.5) is 0 Å². The van der Waals surface area contributed by atoms with E-state index in [-0.39, 0.29) is 17.2 Å². The Bertz CT molecular complexity index is 727. The Morgan fingerprint density at radius 1 is 1.05 bits per heavy atom. The van der Waals surface area contributed by atoms with E-state index in [1.165, 1.54) is 18.2 Å². The van der Waals surface area contributed by atoms with Gasteiger partial charge in [-0.1, -0.05) is 43.4 Å². The summed E-state index contributed by atoms with van der Waals surface area (Å²) in [5.41, 5.74) is 2.47. The SMILES string of the molecule is C/C=C(\C=C/CC)c1cccc(-c2cc(O)ccc2O)c1O. The van der Waals surface area contributed by atoms with Crippen LogP contribution in [0.1, 0.15) is 25.8 Å². The average molecular weight is 296 g/mol. The molecular formula is C19H20O3. The molecule has 3 nitrogen and oxygen atoms in total. The first-order chi connectivity index (χ1) is 10.6. The lowest BCUT2D eigenvalue weighted by molar-refractivity contribution is 0.459. The van der Waals surface area contributed by atoms with Gasteiger partial charge in [0.2, 0.25) is 0 Å². The molecule has 0 unspecified atom stereocenters. The first kappa shape index (κ1) is 15.7. The zero-order valence-electron chi connectivity index (χ0n) is 12.7. The van der Waals surface area contributed by atoms with Crippen molar-refractivity contribution in [3.05, 3.63) is 60.2 Å². The van der Waals surface area contributed by atoms with Gasteiger partial charge in [0.25, 0.3) is 0 Å². The first-order valence-electron chi connectivity index (χ1n) is 7.26. The second-order valence-electron chi connectivity index (χ2n) is 4.96. The molecule has 0 aliphatic rings. The fourth-order valence-corrected chi connectivity index (χ4v) is 2.32. The van der Waals surface area contributed by atoms with Gasteiger partial charge >= 0.3 is 0 Å². The minimum absolute atomic E-state index is 0.0105. The lowest BCUT2D eigenvalue weighted by Gasteiger charge is -2.12. The molecule has 2 aromatic rings. The van der Waals surface area contributed by atoms with Crippen LogP contribution < -0.4 is 0 Å². The lowest BCUT2D eigenvalue weighted by Crippen LogP contribution is -1.87. The number of aromatic hydroxyl groups is 3. The van der Waals surface area contributed by atoms with Gasteiger partial charge < -0.3 is 15.3 Å². The maximum Gasteiger partial charge on any atom is 0.131 e. The summed E-state index contributed by atoms with van der Waals surface area (Å²) in [7, 11) is 0. The van der Waals surface area contributed by atoms with Crippen LogP contribution in [-0.4, -0.2) is 15.3 Å². The highest BCUT2D eigenvalue weighted by atomic mass is 16.3. The molecule has 3 heteroatoms. The fraction of sp³-hybridized carbons (Fsp3) is 0.158. The number of allylic oxidation sites excluding steroid dienone is 4. The van der Waals surface area contributed by atoms with E-state index in [2.05, 4.69) is 0 Å². The molecule has 2 rings (SSSR count). The third-order valence-electron chi connectivity index (χ3n) is 3.46. The van der Waals surface area contributed by atoms with Gasteiger partial charge in [-0.3, -0.25) is 0 Å². The molecule has 0 aromatic heterocycles. The summed E-state index contributed by atoms with van der Waals surface area (Å²) in [5.74, 6) is 0.128. The summed E-state index contributed by atoms with van der Waals surface area (Å²) in [6.07, 6.45) is 6.81. The van der Waals surface area contributed by atoms with Crippen molar-refractivity contribution < 1.29 is 15.3 Å². The van der Waals surface area contributed by atoms with Crippen LogP contribution in [0, 0.1) is 0 Å². The molecule has 22 heavy (non-hydrogen) atoms. The summed E-state index contributed by atoms with van der Waals surface area (Å²) >= 11 is 0. The Kier molecular flexibility index (Phi) is 4.89. The van der Waals surface area contributed by atoms with Gasteiger partial charge in [0, 0.05) is 16.7 Å². The summed E-state index contributed by atoms with van der Waals surface area (Å²) in [6.45, 7) is 3.96. The zero-order chi connectivity index (χ0) is 16.1. The maximum atomic E-state index is 10.6. The molecular weight excluding hydrogens is 276 g/mol. The molecule has 0 aliphatic carbocycles. The summed E-state index contributed by atoms with van der Waals surface area (Å²) < 4.78 is 0. The van der Waals surface area contributed by atoms with Crippen LogP contribution in [0.5, 0.6) is 17.2 Å². The van der Waals surface area contributed by atoms with Crippen LogP contribution in [-0.2, 0) is 0 Å². The molecule has 0 heterocycles. The van der Waals surface area contributed by atoms with Gasteiger partial charge in [-0.15, -0.1) is 0 Å². The molecule has 0 fully saturated rings. The van der Waals surface area contributed by atoms with E-state index in [0.717, 1.165) is 12.0 Å². The van der Waals surface area contributed by atoms with Crippen LogP contribution in [0.3, 0.4) is 0 Å². The minimum atomic E-state index is 0.0105. The molecule has 0 bridgehead atoms. The molecule has 0 radical (unpaired) electrons. The van der Waals surface area contributed by atoms with Crippen molar-refractivity contribution in [3.63, 3.8) is 0 Å². The summed E-state index contributed by atoms with van der Waals surface area (Å²) in [6, 6.07) is 9.60. The van der Waals surface area contributed by atoms with E-state index < -0.39 is 0 Å². The Balaban J connectivity index is 2.59. The Labute approximate surface area is 130 Å². The lowest BCUT2D eigenvalue weighted by atomic mass is 9.96. The van der Waals surface area contributed by atoms with Crippen LogP contribution >= 0.6 is 0 Å². The van der Waals surface area contributed by atoms with Gasteiger partial charge in [0.15, 0.2) is 0 Å². The average Bonchev–Trinajstić information content (AvgIpc) is 2.52. The topological polar surface area (TPSA) is 60.7 Å². The van der Waals surface area contributed by atoms with E-state index in [4.69, 9.17) is 0 Å². The fourth-order valence-electron chi connectivity index (χ4n) is 2.32. The summed E-state index contributed by atoms with van der Waals surface area (Å²) in [4.78, 5) is 0. The molecule has 114 valence electrons. The second-order valence-corrected chi connectivity index (χ2v) is 4.96. The molecule has 0 aliphatic heterocycles. The molecule has 0 atom stereocenters. The quantitative estimate of drug-likeness (QED) is 0.559. The van der Waals surface area contributed by atoms with Crippen LogP contribution in [0.15, 0.2) is 54.6 Å². The largest absolute Gasteiger partial charge is 0.508 e. The van der Waals surface area contributed by atoms with E-state index in [9.17, 15) is 15.3 Å². The van der Waals surface area contributed by atoms with E-state index in [1.807, 2.05) is 44.2 Å². The predicted octanol–water partition coefficient (Wildman–Crippen LogP) is 4.84. The Morgan fingerprint density at radius 3 is 2.50 bits per heavy atom. The maximum absolute atomic E-state index is 10.6. The zero-order valence-corrected chi connectivity index (χ0v) is 12.7. The third kappa shape index (κ3) is 3.14. The van der Waals surface area contributed by atoms with E-state index in [1.54, 1.807) is 6.07 Å². The smallest absolute Gasteiger partial charge is 0.131 e. The van der Waals surface area contributed by atoms with Crippen LogP contribution in [0.2, 0.25) is 0 Å². The highest BCUT2D eigenvalue weighted by Crippen LogP contribution is 2.40. The van der Waals surface area contributed by atoms with Gasteiger partial charge in [-0.2, -0.15) is 0 Å². The van der Waals surface area contributed by atoms with E-state index in [0.29, 0.717) is 16.7 Å². The van der Waals surface area contributed by atoms with Crippen molar-refractivity contribution in [3.8, 4) is 28.4 Å². The number of rotatable bonds is 4. The molecule has 0 saturated carbocycles. The highest BCUT2D eigenvalue weighted by Gasteiger charge is 2.14. The summed E-state index contributed by atoms with van der Waals surface area (Å²) in [5, 5.41) is 30.2. The number of para-hydroxylation sites is 1. The van der Waals surface area contributed by atoms with E-state index >= 15 is 0 Å². The van der Waals surface area contributed by atoms with Gasteiger partial charge in [-0.25, -0.2) is 0 Å². The first-order valence-corrected chi connectivity index (χ1v) is 7.26. The molecule has 3 N–H and O–H groups in total. The van der Waals surface area contributed by atoms with Crippen molar-refractivity contribution in [2.24, 2.45) is 0 Å². The minimum Gasteiger partial charge on any atom is -0.508 e. The number of phenolic OH excluding ortho intramolecular Hbond substituents is 3. The van der Waals surface area contributed by atoms with Gasteiger partial charge in [0.1, 0.15) is 17.2 Å². The normalized spacial score (nSPS) is 12.0. The number of hydrogen-bond donors (Lipinski definition) is 3. The van der Waals surface area contributed by atoms with Crippen molar-refractivity contribution >= 4 is 5.57 Å².